The maximum absolute atomic E-state index is 9.00. The number of amidine groups is 1. The zero-order valence-electron chi connectivity index (χ0n) is 12.6. The van der Waals surface area contributed by atoms with E-state index in [0.717, 1.165) is 29.6 Å². The van der Waals surface area contributed by atoms with Crippen LogP contribution in [0.4, 0.5) is 5.69 Å². The zero-order chi connectivity index (χ0) is 15.2. The highest BCUT2D eigenvalue weighted by Crippen LogP contribution is 2.29. The second kappa shape index (κ2) is 6.92. The van der Waals surface area contributed by atoms with Crippen molar-refractivity contribution >= 4 is 22.4 Å². The molecule has 2 aromatic rings. The Morgan fingerprint density at radius 1 is 1.33 bits per heavy atom. The molecule has 3 N–H and O–H groups in total. The van der Waals surface area contributed by atoms with Crippen LogP contribution >= 0.6 is 0 Å². The van der Waals surface area contributed by atoms with Crippen LogP contribution < -0.4 is 10.6 Å². The summed E-state index contributed by atoms with van der Waals surface area (Å²) in [6.07, 6.45) is 5.15. The Hall–Kier alpha value is -2.30. The number of hydrogen-bond donors (Lipinski definition) is 2. The van der Waals surface area contributed by atoms with Gasteiger partial charge < -0.3 is 15.8 Å². The van der Waals surface area contributed by atoms with Crippen molar-refractivity contribution in [1.29, 1.82) is 0 Å². The van der Waals surface area contributed by atoms with Crippen LogP contribution in [0.2, 0.25) is 0 Å². The van der Waals surface area contributed by atoms with E-state index in [-0.39, 0.29) is 5.84 Å². The van der Waals surface area contributed by atoms with Crippen molar-refractivity contribution in [3.8, 4) is 0 Å². The third-order valence-corrected chi connectivity index (χ3v) is 3.61. The molecule has 0 atom stereocenters. The highest BCUT2D eigenvalue weighted by atomic mass is 16.4. The maximum atomic E-state index is 9.00. The fraction of sp³-hybridized carbons (Fsp3) is 0.375. The molecule has 0 spiro atoms. The van der Waals surface area contributed by atoms with Crippen LogP contribution in [0.25, 0.3) is 10.9 Å². The van der Waals surface area contributed by atoms with Gasteiger partial charge in [-0.15, -0.1) is 0 Å². The fourth-order valence-corrected chi connectivity index (χ4v) is 2.49. The van der Waals surface area contributed by atoms with Crippen LogP contribution in [-0.2, 0) is 0 Å². The number of rotatable bonds is 6. The summed E-state index contributed by atoms with van der Waals surface area (Å²) in [4.78, 5) is 6.55. The SMILES string of the molecule is CCCCCN(C)c1c(/C(N)=N/O)cnc2ccccc12. The fourth-order valence-electron chi connectivity index (χ4n) is 2.49. The second-order valence-electron chi connectivity index (χ2n) is 5.15. The number of nitrogens with two attached hydrogens (primary N) is 1. The lowest BCUT2D eigenvalue weighted by molar-refractivity contribution is 0.318. The molecule has 1 aromatic carbocycles. The highest BCUT2D eigenvalue weighted by molar-refractivity contribution is 6.08. The topological polar surface area (TPSA) is 74.7 Å². The Morgan fingerprint density at radius 3 is 2.81 bits per heavy atom. The molecular weight excluding hydrogens is 264 g/mol. The lowest BCUT2D eigenvalue weighted by atomic mass is 10.1. The number of oxime groups is 1. The molecule has 2 rings (SSSR count). The van der Waals surface area contributed by atoms with Gasteiger partial charge in [0, 0.05) is 25.2 Å². The van der Waals surface area contributed by atoms with E-state index in [1.54, 1.807) is 6.20 Å². The molecule has 1 aromatic heterocycles. The molecule has 0 aliphatic rings. The van der Waals surface area contributed by atoms with Gasteiger partial charge >= 0.3 is 0 Å². The number of nitrogens with zero attached hydrogens (tertiary/aromatic N) is 3. The van der Waals surface area contributed by atoms with Crippen LogP contribution in [0.15, 0.2) is 35.6 Å². The van der Waals surface area contributed by atoms with Gasteiger partial charge in [0.1, 0.15) is 0 Å². The summed E-state index contributed by atoms with van der Waals surface area (Å²) < 4.78 is 0. The van der Waals surface area contributed by atoms with Gasteiger partial charge in [-0.2, -0.15) is 0 Å². The first-order chi connectivity index (χ1) is 10.2. The van der Waals surface area contributed by atoms with Crippen LogP contribution in [0.5, 0.6) is 0 Å². The van der Waals surface area contributed by atoms with Gasteiger partial charge in [0.2, 0.25) is 0 Å². The normalized spacial score (nSPS) is 11.8. The number of hydrogen-bond acceptors (Lipinski definition) is 4. The van der Waals surface area contributed by atoms with Gasteiger partial charge in [0.25, 0.3) is 0 Å². The van der Waals surface area contributed by atoms with Gasteiger partial charge in [-0.05, 0) is 12.5 Å². The third kappa shape index (κ3) is 3.24. The van der Waals surface area contributed by atoms with E-state index in [1.165, 1.54) is 12.8 Å². The average molecular weight is 286 g/mol. The van der Waals surface area contributed by atoms with E-state index < -0.39 is 0 Å². The van der Waals surface area contributed by atoms with Crippen molar-refractivity contribution in [1.82, 2.24) is 4.98 Å². The van der Waals surface area contributed by atoms with E-state index >= 15 is 0 Å². The number of anilines is 1. The van der Waals surface area contributed by atoms with Crippen molar-refractivity contribution in [3.63, 3.8) is 0 Å². The standard InChI is InChI=1S/C16H22N4O/c1-3-4-7-10-20(2)15-12-8-5-6-9-14(12)18-11-13(15)16(17)19-21/h5-6,8-9,11,21H,3-4,7,10H2,1-2H3,(H2,17,19). The molecule has 112 valence electrons. The van der Waals surface area contributed by atoms with Gasteiger partial charge in [-0.1, -0.05) is 43.1 Å². The van der Waals surface area contributed by atoms with Crippen molar-refractivity contribution in [2.24, 2.45) is 10.9 Å². The molecule has 0 bridgehead atoms. The van der Waals surface area contributed by atoms with Crippen molar-refractivity contribution in [3.05, 3.63) is 36.0 Å². The van der Waals surface area contributed by atoms with Gasteiger partial charge in [-0.25, -0.2) is 0 Å². The first-order valence-corrected chi connectivity index (χ1v) is 7.25. The molecule has 1 heterocycles. The molecule has 0 fully saturated rings. The Bertz CT molecular complexity index is 639. The molecule has 5 nitrogen and oxygen atoms in total. The Balaban J connectivity index is 2.50. The summed E-state index contributed by atoms with van der Waals surface area (Å²) in [5.74, 6) is 0.0885. The van der Waals surface area contributed by atoms with Crippen LogP contribution in [0.1, 0.15) is 31.7 Å². The molecule has 0 radical (unpaired) electrons. The summed E-state index contributed by atoms with van der Waals surface area (Å²) in [5.41, 5.74) is 8.35. The number of aromatic nitrogens is 1. The molecule has 0 aliphatic heterocycles. The number of unbranched alkanes of at least 4 members (excludes halogenated alkanes) is 2. The first-order valence-electron chi connectivity index (χ1n) is 7.25. The largest absolute Gasteiger partial charge is 0.409 e. The Kier molecular flexibility index (Phi) is 4.98. The summed E-state index contributed by atoms with van der Waals surface area (Å²) in [5, 5.41) is 13.1. The van der Waals surface area contributed by atoms with Gasteiger partial charge in [0.15, 0.2) is 5.84 Å². The van der Waals surface area contributed by atoms with E-state index in [9.17, 15) is 0 Å². The predicted octanol–water partition coefficient (Wildman–Crippen LogP) is 2.96. The molecular formula is C16H22N4O. The summed E-state index contributed by atoms with van der Waals surface area (Å²) in [7, 11) is 2.03. The number of benzene rings is 1. The zero-order valence-corrected chi connectivity index (χ0v) is 12.6. The smallest absolute Gasteiger partial charge is 0.173 e. The predicted molar refractivity (Wildman–Crippen MR) is 87.0 cm³/mol. The van der Waals surface area contributed by atoms with E-state index in [0.29, 0.717) is 5.56 Å². The average Bonchev–Trinajstić information content (AvgIpc) is 2.53. The van der Waals surface area contributed by atoms with E-state index in [1.807, 2.05) is 31.3 Å². The van der Waals surface area contributed by atoms with Crippen molar-refractivity contribution in [2.45, 2.75) is 26.2 Å². The number of fused-ring (bicyclic) bond motifs is 1. The van der Waals surface area contributed by atoms with Crippen molar-refractivity contribution in [2.75, 3.05) is 18.5 Å². The monoisotopic (exact) mass is 286 g/mol. The summed E-state index contributed by atoms with van der Waals surface area (Å²) in [6, 6.07) is 7.92. The quantitative estimate of drug-likeness (QED) is 0.281. The maximum Gasteiger partial charge on any atom is 0.173 e. The minimum Gasteiger partial charge on any atom is -0.409 e. The summed E-state index contributed by atoms with van der Waals surface area (Å²) >= 11 is 0. The minimum atomic E-state index is 0.0885. The lowest BCUT2D eigenvalue weighted by Gasteiger charge is -2.23. The van der Waals surface area contributed by atoms with Gasteiger partial charge in [-0.3, -0.25) is 4.98 Å². The van der Waals surface area contributed by atoms with E-state index in [4.69, 9.17) is 10.9 Å². The molecule has 0 unspecified atom stereocenters. The van der Waals surface area contributed by atoms with Crippen LogP contribution in [0.3, 0.4) is 0 Å². The highest BCUT2D eigenvalue weighted by Gasteiger charge is 2.15. The molecule has 0 amide bonds. The number of pyridine rings is 1. The number of para-hydroxylation sites is 1. The summed E-state index contributed by atoms with van der Waals surface area (Å²) in [6.45, 7) is 3.11. The van der Waals surface area contributed by atoms with E-state index in [2.05, 4.69) is 22.0 Å². The lowest BCUT2D eigenvalue weighted by Crippen LogP contribution is -2.24. The molecule has 0 saturated heterocycles. The van der Waals surface area contributed by atoms with Crippen molar-refractivity contribution < 1.29 is 5.21 Å². The van der Waals surface area contributed by atoms with Crippen LogP contribution in [-0.4, -0.2) is 29.6 Å². The van der Waals surface area contributed by atoms with Crippen LogP contribution in [0, 0.1) is 0 Å². The Labute approximate surface area is 125 Å². The molecule has 5 heteroatoms. The first kappa shape index (κ1) is 15.1. The third-order valence-electron chi connectivity index (χ3n) is 3.61. The second-order valence-corrected chi connectivity index (χ2v) is 5.15. The minimum absolute atomic E-state index is 0.0885. The molecule has 0 saturated carbocycles. The molecule has 0 aliphatic carbocycles. The Morgan fingerprint density at radius 2 is 2.10 bits per heavy atom. The van der Waals surface area contributed by atoms with Gasteiger partial charge in [0.05, 0.1) is 16.8 Å². The molecule has 21 heavy (non-hydrogen) atoms.